The van der Waals surface area contributed by atoms with Gasteiger partial charge >= 0.3 is 12.1 Å². The monoisotopic (exact) mass is 294 g/mol. The first kappa shape index (κ1) is 14.1. The third kappa shape index (κ3) is 2.83. The van der Waals surface area contributed by atoms with Crippen LogP contribution >= 0.6 is 11.3 Å². The Morgan fingerprint density at radius 3 is 2.68 bits per heavy atom. The van der Waals surface area contributed by atoms with Gasteiger partial charge < -0.3 is 10.0 Å². The average molecular weight is 294 g/mol. The van der Waals surface area contributed by atoms with E-state index in [0.29, 0.717) is 17.2 Å². The number of aryl methyl sites for hydroxylation is 1. The molecule has 1 aromatic rings. The standard InChI is InChI=1S/C11H13F3N2O2S/c1-2-7-8(9(17)18)19-10(15-7)16-4-3-6(5-16)11(12,13)14/h6H,2-5H2,1H3,(H,17,18). The summed E-state index contributed by atoms with van der Waals surface area (Å²) in [4.78, 5) is 16.8. The highest BCUT2D eigenvalue weighted by atomic mass is 32.1. The van der Waals surface area contributed by atoms with E-state index in [-0.39, 0.29) is 24.4 Å². The fraction of sp³-hybridized carbons (Fsp3) is 0.636. The van der Waals surface area contributed by atoms with Crippen molar-refractivity contribution in [3.63, 3.8) is 0 Å². The lowest BCUT2D eigenvalue weighted by Gasteiger charge is -2.16. The molecule has 1 saturated heterocycles. The Hall–Kier alpha value is -1.31. The molecule has 0 saturated carbocycles. The van der Waals surface area contributed by atoms with Crippen molar-refractivity contribution in [3.8, 4) is 0 Å². The average Bonchev–Trinajstić information content (AvgIpc) is 2.94. The summed E-state index contributed by atoms with van der Waals surface area (Å²) in [5.74, 6) is -2.43. The zero-order chi connectivity index (χ0) is 14.2. The van der Waals surface area contributed by atoms with Crippen molar-refractivity contribution in [2.24, 2.45) is 5.92 Å². The summed E-state index contributed by atoms with van der Waals surface area (Å²) in [5.41, 5.74) is 0.433. The van der Waals surface area contributed by atoms with Crippen molar-refractivity contribution in [2.45, 2.75) is 25.9 Å². The zero-order valence-corrected chi connectivity index (χ0v) is 11.0. The van der Waals surface area contributed by atoms with E-state index in [9.17, 15) is 18.0 Å². The van der Waals surface area contributed by atoms with Crippen LogP contribution in [0.5, 0.6) is 0 Å². The Kier molecular flexibility index (Phi) is 3.71. The minimum Gasteiger partial charge on any atom is -0.477 e. The molecule has 1 aliphatic rings. The Morgan fingerprint density at radius 2 is 2.26 bits per heavy atom. The fourth-order valence-corrected chi connectivity index (χ4v) is 3.11. The van der Waals surface area contributed by atoms with E-state index in [4.69, 9.17) is 5.11 Å². The predicted molar refractivity (Wildman–Crippen MR) is 64.8 cm³/mol. The second kappa shape index (κ2) is 4.99. The summed E-state index contributed by atoms with van der Waals surface area (Å²) in [5, 5.41) is 9.38. The van der Waals surface area contributed by atoms with Crippen LogP contribution < -0.4 is 4.90 Å². The Balaban J connectivity index is 2.18. The van der Waals surface area contributed by atoms with Crippen LogP contribution in [0.3, 0.4) is 0 Å². The summed E-state index contributed by atoms with van der Waals surface area (Å²) in [6, 6.07) is 0. The van der Waals surface area contributed by atoms with Crippen molar-refractivity contribution in [1.29, 1.82) is 0 Å². The molecule has 1 fully saturated rings. The molecule has 0 aromatic carbocycles. The van der Waals surface area contributed by atoms with Crippen molar-refractivity contribution < 1.29 is 23.1 Å². The van der Waals surface area contributed by atoms with Crippen LogP contribution in [-0.2, 0) is 6.42 Å². The van der Waals surface area contributed by atoms with Gasteiger partial charge in [-0.3, -0.25) is 0 Å². The van der Waals surface area contributed by atoms with Gasteiger partial charge in [0.1, 0.15) is 4.88 Å². The van der Waals surface area contributed by atoms with E-state index < -0.39 is 18.1 Å². The number of aromatic carboxylic acids is 1. The van der Waals surface area contributed by atoms with Gasteiger partial charge in [0.15, 0.2) is 5.13 Å². The van der Waals surface area contributed by atoms with Crippen LogP contribution in [0, 0.1) is 5.92 Å². The van der Waals surface area contributed by atoms with Crippen LogP contribution in [-0.4, -0.2) is 35.3 Å². The number of rotatable bonds is 3. The summed E-state index contributed by atoms with van der Waals surface area (Å²) < 4.78 is 37.8. The molecule has 2 rings (SSSR count). The number of carboxylic acid groups (broad SMARTS) is 1. The van der Waals surface area contributed by atoms with Crippen LogP contribution in [0.25, 0.3) is 0 Å². The SMILES string of the molecule is CCc1nc(N2CCC(C(F)(F)F)C2)sc1C(=O)O. The summed E-state index contributed by atoms with van der Waals surface area (Å²) in [6.45, 7) is 1.90. The molecule has 1 N–H and O–H groups in total. The molecular weight excluding hydrogens is 281 g/mol. The third-order valence-electron chi connectivity index (χ3n) is 3.14. The van der Waals surface area contributed by atoms with Crippen LogP contribution in [0.15, 0.2) is 0 Å². The minimum atomic E-state index is -4.20. The molecule has 0 radical (unpaired) electrons. The number of carbonyl (C=O) groups is 1. The quantitative estimate of drug-likeness (QED) is 0.931. The molecule has 19 heavy (non-hydrogen) atoms. The second-order valence-corrected chi connectivity index (χ2v) is 5.38. The van der Waals surface area contributed by atoms with Gasteiger partial charge in [-0.1, -0.05) is 18.3 Å². The van der Waals surface area contributed by atoms with E-state index in [0.717, 1.165) is 11.3 Å². The molecule has 106 valence electrons. The molecule has 1 aliphatic heterocycles. The number of aromatic nitrogens is 1. The number of hydrogen-bond donors (Lipinski definition) is 1. The maximum absolute atomic E-state index is 12.6. The second-order valence-electron chi connectivity index (χ2n) is 4.40. The van der Waals surface area contributed by atoms with E-state index in [1.165, 1.54) is 4.90 Å². The van der Waals surface area contributed by atoms with Gasteiger partial charge in [-0.15, -0.1) is 0 Å². The predicted octanol–water partition coefficient (Wildman–Crippen LogP) is 2.79. The molecule has 0 bridgehead atoms. The molecule has 2 heterocycles. The molecule has 0 aliphatic carbocycles. The van der Waals surface area contributed by atoms with Gasteiger partial charge in [-0.2, -0.15) is 13.2 Å². The molecule has 0 amide bonds. The van der Waals surface area contributed by atoms with E-state index in [1.54, 1.807) is 6.92 Å². The molecule has 1 atom stereocenters. The molecule has 0 spiro atoms. The highest BCUT2D eigenvalue weighted by Crippen LogP contribution is 2.37. The zero-order valence-electron chi connectivity index (χ0n) is 10.2. The molecule has 1 unspecified atom stereocenters. The van der Waals surface area contributed by atoms with Crippen LogP contribution in [0.4, 0.5) is 18.3 Å². The number of hydrogen-bond acceptors (Lipinski definition) is 4. The number of halogens is 3. The highest BCUT2D eigenvalue weighted by molar-refractivity contribution is 7.17. The third-order valence-corrected chi connectivity index (χ3v) is 4.28. The van der Waals surface area contributed by atoms with Gasteiger partial charge in [-0.05, 0) is 12.8 Å². The van der Waals surface area contributed by atoms with Crippen molar-refractivity contribution >= 4 is 22.4 Å². The Morgan fingerprint density at radius 1 is 1.58 bits per heavy atom. The number of alkyl halides is 3. The smallest absolute Gasteiger partial charge is 0.393 e. The number of carboxylic acids is 1. The highest BCUT2D eigenvalue weighted by Gasteiger charge is 2.44. The first-order valence-electron chi connectivity index (χ1n) is 5.87. The largest absolute Gasteiger partial charge is 0.477 e. The van der Waals surface area contributed by atoms with Gasteiger partial charge in [0.2, 0.25) is 0 Å². The number of nitrogens with zero attached hydrogens (tertiary/aromatic N) is 2. The van der Waals surface area contributed by atoms with Crippen LogP contribution in [0.2, 0.25) is 0 Å². The molecule has 4 nitrogen and oxygen atoms in total. The Bertz CT molecular complexity index is 487. The number of anilines is 1. The van der Waals surface area contributed by atoms with Gasteiger partial charge in [0.05, 0.1) is 11.6 Å². The lowest BCUT2D eigenvalue weighted by molar-refractivity contribution is -0.168. The van der Waals surface area contributed by atoms with Crippen LogP contribution in [0.1, 0.15) is 28.7 Å². The van der Waals surface area contributed by atoms with Crippen molar-refractivity contribution in [2.75, 3.05) is 18.0 Å². The molecule has 8 heteroatoms. The fourth-order valence-electron chi connectivity index (χ4n) is 2.08. The molecule has 1 aromatic heterocycles. The maximum atomic E-state index is 12.6. The van der Waals surface area contributed by atoms with Gasteiger partial charge in [0.25, 0.3) is 0 Å². The Labute approximate surface area is 111 Å². The van der Waals surface area contributed by atoms with Gasteiger partial charge in [0, 0.05) is 13.1 Å². The van der Waals surface area contributed by atoms with Crippen molar-refractivity contribution in [1.82, 2.24) is 4.98 Å². The van der Waals surface area contributed by atoms with E-state index >= 15 is 0 Å². The van der Waals surface area contributed by atoms with E-state index in [1.807, 2.05) is 0 Å². The number of thiazole rings is 1. The first-order chi connectivity index (χ1) is 8.82. The van der Waals surface area contributed by atoms with Crippen molar-refractivity contribution in [3.05, 3.63) is 10.6 Å². The topological polar surface area (TPSA) is 53.4 Å². The summed E-state index contributed by atoms with van der Waals surface area (Å²) in [7, 11) is 0. The van der Waals surface area contributed by atoms with Gasteiger partial charge in [-0.25, -0.2) is 9.78 Å². The first-order valence-corrected chi connectivity index (χ1v) is 6.69. The summed E-state index contributed by atoms with van der Waals surface area (Å²) >= 11 is 0.950. The normalized spacial score (nSPS) is 20.0. The van der Waals surface area contributed by atoms with E-state index in [2.05, 4.69) is 4.98 Å². The lowest BCUT2D eigenvalue weighted by atomic mass is 10.1. The summed E-state index contributed by atoms with van der Waals surface area (Å²) in [6.07, 6.45) is -3.71. The molecular formula is C11H13F3N2O2S. The minimum absolute atomic E-state index is 0.0347. The maximum Gasteiger partial charge on any atom is 0.393 e. The lowest BCUT2D eigenvalue weighted by Crippen LogP contribution is -2.27.